The van der Waals surface area contributed by atoms with Gasteiger partial charge in [0, 0.05) is 12.1 Å². The SMILES string of the molecule is CC1(CNC(=O)c2cc(Cl)nc(NN)c2)CCC1. The molecule has 1 aliphatic carbocycles. The van der Waals surface area contributed by atoms with E-state index in [1.807, 2.05) is 0 Å². The standard InChI is InChI=1S/C12H17ClN4O/c1-12(3-2-4-12)7-15-11(18)8-5-9(13)16-10(6-8)17-14/h5-6H,2-4,7,14H2,1H3,(H,15,18)(H,16,17). The van der Waals surface area contributed by atoms with Crippen LogP contribution in [0.1, 0.15) is 36.5 Å². The van der Waals surface area contributed by atoms with Crippen molar-refractivity contribution in [2.45, 2.75) is 26.2 Å². The highest BCUT2D eigenvalue weighted by atomic mass is 35.5. The van der Waals surface area contributed by atoms with Crippen molar-refractivity contribution in [1.29, 1.82) is 0 Å². The summed E-state index contributed by atoms with van der Waals surface area (Å²) in [6.45, 7) is 2.88. The molecule has 0 aliphatic heterocycles. The van der Waals surface area contributed by atoms with Gasteiger partial charge in [-0.3, -0.25) is 4.79 Å². The number of pyridine rings is 1. The normalized spacial score (nSPS) is 16.8. The van der Waals surface area contributed by atoms with E-state index in [-0.39, 0.29) is 16.5 Å². The van der Waals surface area contributed by atoms with Gasteiger partial charge in [0.1, 0.15) is 11.0 Å². The van der Waals surface area contributed by atoms with Crippen molar-refractivity contribution < 1.29 is 4.79 Å². The molecule has 0 saturated heterocycles. The number of aromatic nitrogens is 1. The number of anilines is 1. The highest BCUT2D eigenvalue weighted by Gasteiger charge is 2.31. The third-order valence-electron chi connectivity index (χ3n) is 3.44. The molecule has 1 heterocycles. The summed E-state index contributed by atoms with van der Waals surface area (Å²) in [4.78, 5) is 15.9. The molecule has 0 aromatic carbocycles. The molecule has 0 spiro atoms. The zero-order chi connectivity index (χ0) is 13.2. The second kappa shape index (κ2) is 5.12. The summed E-state index contributed by atoms with van der Waals surface area (Å²) in [5, 5.41) is 3.17. The molecule has 1 saturated carbocycles. The molecular weight excluding hydrogens is 252 g/mol. The van der Waals surface area contributed by atoms with Crippen molar-refractivity contribution in [2.24, 2.45) is 11.3 Å². The van der Waals surface area contributed by atoms with Gasteiger partial charge < -0.3 is 10.7 Å². The molecule has 18 heavy (non-hydrogen) atoms. The van der Waals surface area contributed by atoms with Crippen molar-refractivity contribution in [3.05, 3.63) is 22.8 Å². The molecule has 1 aliphatic rings. The fourth-order valence-electron chi connectivity index (χ4n) is 2.05. The summed E-state index contributed by atoms with van der Waals surface area (Å²) in [6.07, 6.45) is 3.58. The van der Waals surface area contributed by atoms with E-state index in [0.29, 0.717) is 17.9 Å². The number of hydrogen-bond acceptors (Lipinski definition) is 4. The van der Waals surface area contributed by atoms with Gasteiger partial charge in [0.2, 0.25) is 0 Å². The zero-order valence-corrected chi connectivity index (χ0v) is 11.0. The summed E-state index contributed by atoms with van der Waals surface area (Å²) < 4.78 is 0. The second-order valence-corrected chi connectivity index (χ2v) is 5.44. The van der Waals surface area contributed by atoms with Crippen LogP contribution >= 0.6 is 11.6 Å². The van der Waals surface area contributed by atoms with Gasteiger partial charge in [0.15, 0.2) is 0 Å². The lowest BCUT2D eigenvalue weighted by atomic mass is 9.70. The first-order valence-electron chi connectivity index (χ1n) is 5.95. The molecule has 0 bridgehead atoms. The largest absolute Gasteiger partial charge is 0.351 e. The molecule has 5 nitrogen and oxygen atoms in total. The first kappa shape index (κ1) is 13.1. The van der Waals surface area contributed by atoms with Crippen LogP contribution in [0.2, 0.25) is 5.15 Å². The Morgan fingerprint density at radius 3 is 2.83 bits per heavy atom. The number of nitrogens with two attached hydrogens (primary N) is 1. The van der Waals surface area contributed by atoms with Crippen LogP contribution in [-0.2, 0) is 0 Å². The molecule has 1 fully saturated rings. The Morgan fingerprint density at radius 1 is 1.56 bits per heavy atom. The number of halogens is 1. The zero-order valence-electron chi connectivity index (χ0n) is 10.3. The Kier molecular flexibility index (Phi) is 3.73. The molecule has 0 unspecified atom stereocenters. The molecule has 0 radical (unpaired) electrons. The van der Waals surface area contributed by atoms with E-state index < -0.39 is 0 Å². The van der Waals surface area contributed by atoms with E-state index in [4.69, 9.17) is 17.4 Å². The Bertz CT molecular complexity index is 459. The van der Waals surface area contributed by atoms with Crippen LogP contribution in [0.4, 0.5) is 5.82 Å². The topological polar surface area (TPSA) is 80.0 Å². The Balaban J connectivity index is 2.01. The number of rotatable bonds is 4. The van der Waals surface area contributed by atoms with Gasteiger partial charge in [-0.25, -0.2) is 10.8 Å². The summed E-state index contributed by atoms with van der Waals surface area (Å²) in [7, 11) is 0. The second-order valence-electron chi connectivity index (χ2n) is 5.06. The van der Waals surface area contributed by atoms with Gasteiger partial charge in [0.05, 0.1) is 0 Å². The minimum absolute atomic E-state index is 0.149. The molecule has 1 aromatic rings. The number of carbonyl (C=O) groups is 1. The Hall–Kier alpha value is -1.33. The van der Waals surface area contributed by atoms with Crippen LogP contribution in [0.15, 0.2) is 12.1 Å². The highest BCUT2D eigenvalue weighted by molar-refractivity contribution is 6.29. The number of amides is 1. The molecular formula is C12H17ClN4O. The van der Waals surface area contributed by atoms with Crippen LogP contribution in [-0.4, -0.2) is 17.4 Å². The lowest BCUT2D eigenvalue weighted by Gasteiger charge is -2.38. The fourth-order valence-corrected chi connectivity index (χ4v) is 2.26. The number of hydrazine groups is 1. The predicted molar refractivity (Wildman–Crippen MR) is 71.3 cm³/mol. The van der Waals surface area contributed by atoms with Gasteiger partial charge in [0.25, 0.3) is 5.91 Å². The van der Waals surface area contributed by atoms with Crippen LogP contribution in [0.3, 0.4) is 0 Å². The highest BCUT2D eigenvalue weighted by Crippen LogP contribution is 2.39. The number of nitrogen functional groups attached to an aromatic ring is 1. The van der Waals surface area contributed by atoms with E-state index in [0.717, 1.165) is 0 Å². The van der Waals surface area contributed by atoms with Crippen molar-refractivity contribution in [2.75, 3.05) is 12.0 Å². The summed E-state index contributed by atoms with van der Waals surface area (Å²) >= 11 is 5.81. The first-order chi connectivity index (χ1) is 8.52. The lowest BCUT2D eigenvalue weighted by molar-refractivity contribution is 0.0890. The number of nitrogens with zero attached hydrogens (tertiary/aromatic N) is 1. The Labute approximate surface area is 111 Å². The summed E-state index contributed by atoms with van der Waals surface area (Å²) in [5.41, 5.74) is 3.10. The van der Waals surface area contributed by atoms with Crippen molar-refractivity contribution in [3.8, 4) is 0 Å². The van der Waals surface area contributed by atoms with E-state index in [2.05, 4.69) is 22.7 Å². The number of carbonyl (C=O) groups excluding carboxylic acids is 1. The van der Waals surface area contributed by atoms with Gasteiger partial charge in [-0.05, 0) is 30.4 Å². The van der Waals surface area contributed by atoms with Crippen LogP contribution in [0.5, 0.6) is 0 Å². The van der Waals surface area contributed by atoms with E-state index in [1.54, 1.807) is 6.07 Å². The summed E-state index contributed by atoms with van der Waals surface area (Å²) in [5.74, 6) is 5.49. The predicted octanol–water partition coefficient (Wildman–Crippen LogP) is 1.94. The van der Waals surface area contributed by atoms with E-state index >= 15 is 0 Å². The van der Waals surface area contributed by atoms with Gasteiger partial charge >= 0.3 is 0 Å². The van der Waals surface area contributed by atoms with Crippen LogP contribution in [0.25, 0.3) is 0 Å². The van der Waals surface area contributed by atoms with E-state index in [1.165, 1.54) is 25.3 Å². The van der Waals surface area contributed by atoms with Crippen molar-refractivity contribution in [3.63, 3.8) is 0 Å². The van der Waals surface area contributed by atoms with Crippen LogP contribution in [0, 0.1) is 5.41 Å². The molecule has 2 rings (SSSR count). The molecule has 4 N–H and O–H groups in total. The third kappa shape index (κ3) is 2.91. The maximum absolute atomic E-state index is 12.0. The monoisotopic (exact) mass is 268 g/mol. The van der Waals surface area contributed by atoms with Gasteiger partial charge in [-0.2, -0.15) is 0 Å². The van der Waals surface area contributed by atoms with Gasteiger partial charge in [-0.15, -0.1) is 0 Å². The van der Waals surface area contributed by atoms with Crippen molar-refractivity contribution >= 4 is 23.3 Å². The van der Waals surface area contributed by atoms with Crippen molar-refractivity contribution in [1.82, 2.24) is 10.3 Å². The molecule has 98 valence electrons. The maximum Gasteiger partial charge on any atom is 0.251 e. The quantitative estimate of drug-likeness (QED) is 0.443. The van der Waals surface area contributed by atoms with Crippen LogP contribution < -0.4 is 16.6 Å². The number of nitrogens with one attached hydrogen (secondary N) is 2. The molecule has 6 heteroatoms. The molecule has 0 atom stereocenters. The average molecular weight is 269 g/mol. The van der Waals surface area contributed by atoms with Gasteiger partial charge in [-0.1, -0.05) is 24.9 Å². The first-order valence-corrected chi connectivity index (χ1v) is 6.33. The third-order valence-corrected chi connectivity index (χ3v) is 3.63. The lowest BCUT2D eigenvalue weighted by Crippen LogP contribution is -2.40. The van der Waals surface area contributed by atoms with E-state index in [9.17, 15) is 4.79 Å². The average Bonchev–Trinajstić information content (AvgIpc) is 2.32. The number of hydrogen-bond donors (Lipinski definition) is 3. The molecule has 1 amide bonds. The smallest absolute Gasteiger partial charge is 0.251 e. The minimum atomic E-state index is -0.149. The fraction of sp³-hybridized carbons (Fsp3) is 0.500. The Morgan fingerprint density at radius 2 is 2.28 bits per heavy atom. The summed E-state index contributed by atoms with van der Waals surface area (Å²) in [6, 6.07) is 3.10. The minimum Gasteiger partial charge on any atom is -0.351 e. The molecule has 1 aromatic heterocycles. The maximum atomic E-state index is 12.0.